The van der Waals surface area contributed by atoms with E-state index in [1.165, 1.54) is 58.5 Å². The fourth-order valence-corrected chi connectivity index (χ4v) is 4.52. The molecule has 3 heteroatoms. The maximum atomic E-state index is 2.77. The minimum Gasteiger partial charge on any atom is -0.305 e. The van der Waals surface area contributed by atoms with Crippen LogP contribution in [-0.2, 0) is 0 Å². The van der Waals surface area contributed by atoms with Gasteiger partial charge in [-0.05, 0) is 46.3 Å². The molecular weight excluding hydrogens is 222 g/mol. The normalized spacial score (nSPS) is 37.5. The summed E-state index contributed by atoms with van der Waals surface area (Å²) in [6, 6.07) is 1.67. The molecular formula is C15H29N3. The lowest BCUT2D eigenvalue weighted by atomic mass is 9.71. The Morgan fingerprint density at radius 2 is 1.89 bits per heavy atom. The standard InChI is InChI=1S/C15H29N3/c1-4-6-17-7-5-14(8-13(17)2)18-11-15(12-18)9-16(3)10-15/h13-14H,4-12H2,1-3H3. The first-order chi connectivity index (χ1) is 8.62. The fraction of sp³-hybridized carbons (Fsp3) is 1.00. The van der Waals surface area contributed by atoms with E-state index in [-0.39, 0.29) is 0 Å². The van der Waals surface area contributed by atoms with Crippen molar-refractivity contribution in [2.45, 2.75) is 45.2 Å². The van der Waals surface area contributed by atoms with Crippen LogP contribution in [0, 0.1) is 5.41 Å². The summed E-state index contributed by atoms with van der Waals surface area (Å²) in [4.78, 5) is 7.92. The van der Waals surface area contributed by atoms with Crippen LogP contribution < -0.4 is 0 Å². The van der Waals surface area contributed by atoms with Crippen LogP contribution >= 0.6 is 0 Å². The van der Waals surface area contributed by atoms with E-state index in [2.05, 4.69) is 35.6 Å². The fourth-order valence-electron chi connectivity index (χ4n) is 4.52. The number of hydrogen-bond donors (Lipinski definition) is 0. The van der Waals surface area contributed by atoms with Crippen LogP contribution in [0.15, 0.2) is 0 Å². The Hall–Kier alpha value is -0.120. The van der Waals surface area contributed by atoms with E-state index in [1.54, 1.807) is 0 Å². The molecule has 104 valence electrons. The van der Waals surface area contributed by atoms with Crippen LogP contribution in [0.2, 0.25) is 0 Å². The second kappa shape index (κ2) is 4.77. The zero-order valence-electron chi connectivity index (χ0n) is 12.4. The van der Waals surface area contributed by atoms with Gasteiger partial charge >= 0.3 is 0 Å². The summed E-state index contributed by atoms with van der Waals surface area (Å²) < 4.78 is 0. The molecule has 0 saturated carbocycles. The molecule has 2 atom stereocenters. The number of piperidine rings is 1. The second-order valence-electron chi connectivity index (χ2n) is 7.14. The van der Waals surface area contributed by atoms with Crippen LogP contribution in [0.25, 0.3) is 0 Å². The van der Waals surface area contributed by atoms with Gasteiger partial charge < -0.3 is 9.80 Å². The average Bonchev–Trinajstić information content (AvgIpc) is 2.25. The smallest absolute Gasteiger partial charge is 0.0212 e. The number of rotatable bonds is 3. The molecule has 3 heterocycles. The highest BCUT2D eigenvalue weighted by Crippen LogP contribution is 2.41. The van der Waals surface area contributed by atoms with Gasteiger partial charge in [-0.1, -0.05) is 6.92 Å². The Morgan fingerprint density at radius 3 is 2.44 bits per heavy atom. The summed E-state index contributed by atoms with van der Waals surface area (Å²) in [5.74, 6) is 0. The third-order valence-corrected chi connectivity index (χ3v) is 5.30. The number of hydrogen-bond acceptors (Lipinski definition) is 3. The second-order valence-corrected chi connectivity index (χ2v) is 7.14. The van der Waals surface area contributed by atoms with Crippen LogP contribution in [0.4, 0.5) is 0 Å². The van der Waals surface area contributed by atoms with E-state index in [0.717, 1.165) is 12.1 Å². The summed E-state index contributed by atoms with van der Waals surface area (Å²) in [6.07, 6.45) is 4.09. The summed E-state index contributed by atoms with van der Waals surface area (Å²) in [7, 11) is 2.25. The predicted molar refractivity (Wildman–Crippen MR) is 75.9 cm³/mol. The first kappa shape index (κ1) is 12.9. The lowest BCUT2D eigenvalue weighted by Gasteiger charge is -2.62. The van der Waals surface area contributed by atoms with Crippen molar-refractivity contribution in [3.8, 4) is 0 Å². The van der Waals surface area contributed by atoms with Crippen LogP contribution in [0.1, 0.15) is 33.1 Å². The van der Waals surface area contributed by atoms with Crippen molar-refractivity contribution < 1.29 is 0 Å². The van der Waals surface area contributed by atoms with Gasteiger partial charge in [0, 0.05) is 43.7 Å². The maximum absolute atomic E-state index is 2.77. The highest BCUT2D eigenvalue weighted by atomic mass is 15.3. The molecule has 0 bridgehead atoms. The molecule has 0 amide bonds. The molecule has 3 rings (SSSR count). The lowest BCUT2D eigenvalue weighted by molar-refractivity contribution is -0.130. The molecule has 0 aromatic carbocycles. The average molecular weight is 251 g/mol. The summed E-state index contributed by atoms with van der Waals surface area (Å²) in [5.41, 5.74) is 0.707. The van der Waals surface area contributed by atoms with Crippen molar-refractivity contribution in [2.75, 3.05) is 46.3 Å². The highest BCUT2D eigenvalue weighted by molar-refractivity contribution is 5.06. The lowest BCUT2D eigenvalue weighted by Crippen LogP contribution is -2.73. The minimum absolute atomic E-state index is 0.707. The molecule has 18 heavy (non-hydrogen) atoms. The van der Waals surface area contributed by atoms with Crippen molar-refractivity contribution in [2.24, 2.45) is 5.41 Å². The Kier molecular flexibility index (Phi) is 3.41. The summed E-state index contributed by atoms with van der Waals surface area (Å²) in [6.45, 7) is 12.8. The van der Waals surface area contributed by atoms with Gasteiger partial charge in [0.15, 0.2) is 0 Å². The minimum atomic E-state index is 0.707. The van der Waals surface area contributed by atoms with E-state index < -0.39 is 0 Å². The summed E-state index contributed by atoms with van der Waals surface area (Å²) >= 11 is 0. The van der Waals surface area contributed by atoms with E-state index in [1.807, 2.05) is 0 Å². The number of likely N-dealkylation sites (tertiary alicyclic amines) is 3. The van der Waals surface area contributed by atoms with Crippen molar-refractivity contribution in [3.63, 3.8) is 0 Å². The molecule has 3 aliphatic rings. The third kappa shape index (κ3) is 2.21. The molecule has 0 N–H and O–H groups in total. The zero-order chi connectivity index (χ0) is 12.8. The van der Waals surface area contributed by atoms with Gasteiger partial charge in [-0.25, -0.2) is 0 Å². The van der Waals surface area contributed by atoms with Crippen molar-refractivity contribution >= 4 is 0 Å². The van der Waals surface area contributed by atoms with Gasteiger partial charge in [0.1, 0.15) is 0 Å². The van der Waals surface area contributed by atoms with Crippen molar-refractivity contribution in [1.82, 2.24) is 14.7 Å². The SMILES string of the molecule is CCCN1CCC(N2CC3(CN(C)C3)C2)CC1C. The molecule has 1 spiro atoms. The molecule has 3 saturated heterocycles. The monoisotopic (exact) mass is 251 g/mol. The Labute approximate surface area is 112 Å². The highest BCUT2D eigenvalue weighted by Gasteiger charge is 2.52. The predicted octanol–water partition coefficient (Wildman–Crippen LogP) is 1.50. The van der Waals surface area contributed by atoms with Gasteiger partial charge in [-0.15, -0.1) is 0 Å². The van der Waals surface area contributed by atoms with E-state index >= 15 is 0 Å². The molecule has 3 fully saturated rings. The van der Waals surface area contributed by atoms with Gasteiger partial charge in [-0.2, -0.15) is 0 Å². The summed E-state index contributed by atoms with van der Waals surface area (Å²) in [5, 5.41) is 0. The first-order valence-corrected chi connectivity index (χ1v) is 7.78. The molecule has 0 aromatic rings. The molecule has 0 aromatic heterocycles. The van der Waals surface area contributed by atoms with Crippen molar-refractivity contribution in [3.05, 3.63) is 0 Å². The molecule has 3 aliphatic heterocycles. The Balaban J connectivity index is 1.46. The Morgan fingerprint density at radius 1 is 1.17 bits per heavy atom. The zero-order valence-corrected chi connectivity index (χ0v) is 12.4. The molecule has 3 nitrogen and oxygen atoms in total. The first-order valence-electron chi connectivity index (χ1n) is 7.78. The molecule has 2 unspecified atom stereocenters. The van der Waals surface area contributed by atoms with E-state index in [0.29, 0.717) is 5.41 Å². The maximum Gasteiger partial charge on any atom is 0.0212 e. The third-order valence-electron chi connectivity index (χ3n) is 5.30. The van der Waals surface area contributed by atoms with Crippen LogP contribution in [0.3, 0.4) is 0 Å². The molecule has 0 radical (unpaired) electrons. The largest absolute Gasteiger partial charge is 0.305 e. The van der Waals surface area contributed by atoms with Crippen LogP contribution in [-0.4, -0.2) is 73.1 Å². The molecule has 0 aliphatic carbocycles. The quantitative estimate of drug-likeness (QED) is 0.752. The van der Waals surface area contributed by atoms with Crippen molar-refractivity contribution in [1.29, 1.82) is 0 Å². The Bertz CT molecular complexity index is 290. The van der Waals surface area contributed by atoms with Gasteiger partial charge in [0.25, 0.3) is 0 Å². The van der Waals surface area contributed by atoms with Crippen LogP contribution in [0.5, 0.6) is 0 Å². The van der Waals surface area contributed by atoms with E-state index in [9.17, 15) is 0 Å². The number of nitrogens with zero attached hydrogens (tertiary/aromatic N) is 3. The van der Waals surface area contributed by atoms with Gasteiger partial charge in [0.05, 0.1) is 0 Å². The van der Waals surface area contributed by atoms with E-state index in [4.69, 9.17) is 0 Å². The topological polar surface area (TPSA) is 9.72 Å². The van der Waals surface area contributed by atoms with Gasteiger partial charge in [0.2, 0.25) is 0 Å². The van der Waals surface area contributed by atoms with Gasteiger partial charge in [-0.3, -0.25) is 4.90 Å².